The highest BCUT2D eigenvalue weighted by molar-refractivity contribution is 5.87. The number of carbonyl (C=O) groups is 1. The number of nitrogens with zero attached hydrogens (tertiary/aromatic N) is 2. The lowest BCUT2D eigenvalue weighted by Gasteiger charge is -2.07. The average Bonchev–Trinajstić information content (AvgIpc) is 3.20. The smallest absolute Gasteiger partial charge is 0.331 e. The molecule has 0 radical (unpaired) electrons. The van der Waals surface area contributed by atoms with Crippen molar-refractivity contribution in [1.29, 1.82) is 0 Å². The van der Waals surface area contributed by atoms with Crippen molar-refractivity contribution in [1.82, 2.24) is 10.1 Å². The molecule has 144 valence electrons. The van der Waals surface area contributed by atoms with E-state index in [1.54, 1.807) is 38.5 Å². The second-order valence-corrected chi connectivity index (χ2v) is 5.93. The Morgan fingerprint density at radius 3 is 2.61 bits per heavy atom. The van der Waals surface area contributed by atoms with E-state index < -0.39 is 5.97 Å². The highest BCUT2D eigenvalue weighted by atomic mass is 16.6. The van der Waals surface area contributed by atoms with Crippen LogP contribution in [0.25, 0.3) is 17.5 Å². The van der Waals surface area contributed by atoms with Gasteiger partial charge in [-0.15, -0.1) is 0 Å². The van der Waals surface area contributed by atoms with Gasteiger partial charge in [-0.2, -0.15) is 4.98 Å². The molecule has 1 aromatic heterocycles. The van der Waals surface area contributed by atoms with E-state index in [1.807, 2.05) is 31.2 Å². The summed E-state index contributed by atoms with van der Waals surface area (Å²) < 4.78 is 20.7. The van der Waals surface area contributed by atoms with Gasteiger partial charge in [0, 0.05) is 17.2 Å². The standard InChI is InChI=1S/C21H20N2O5/c1-14-4-6-15(7-5-14)21-22-19(28-23-21)13-27-20(24)11-8-16-12-17(25-2)9-10-18(16)26-3/h4-12H,13H2,1-3H3/b11-8+. The van der Waals surface area contributed by atoms with Crippen LogP contribution in [-0.4, -0.2) is 30.3 Å². The van der Waals surface area contributed by atoms with Crippen LogP contribution in [0, 0.1) is 6.92 Å². The van der Waals surface area contributed by atoms with Crippen LogP contribution in [-0.2, 0) is 16.1 Å². The van der Waals surface area contributed by atoms with Crippen molar-refractivity contribution in [2.24, 2.45) is 0 Å². The van der Waals surface area contributed by atoms with Gasteiger partial charge in [0.25, 0.3) is 5.89 Å². The third-order valence-corrected chi connectivity index (χ3v) is 3.95. The quantitative estimate of drug-likeness (QED) is 0.455. The summed E-state index contributed by atoms with van der Waals surface area (Å²) in [6, 6.07) is 13.0. The number of ether oxygens (including phenoxy) is 3. The Hall–Kier alpha value is -3.61. The number of hydrogen-bond donors (Lipinski definition) is 0. The highest BCUT2D eigenvalue weighted by Crippen LogP contribution is 2.25. The summed E-state index contributed by atoms with van der Waals surface area (Å²) in [5, 5.41) is 3.90. The first kappa shape index (κ1) is 19.2. The third kappa shape index (κ3) is 4.76. The molecule has 3 rings (SSSR count). The summed E-state index contributed by atoms with van der Waals surface area (Å²) in [7, 11) is 3.12. The minimum absolute atomic E-state index is 0.114. The molecule has 3 aromatic rings. The van der Waals surface area contributed by atoms with Gasteiger partial charge in [-0.3, -0.25) is 0 Å². The van der Waals surface area contributed by atoms with E-state index in [1.165, 1.54) is 6.08 Å². The van der Waals surface area contributed by atoms with Crippen LogP contribution < -0.4 is 9.47 Å². The van der Waals surface area contributed by atoms with Crippen molar-refractivity contribution in [3.63, 3.8) is 0 Å². The van der Waals surface area contributed by atoms with Crippen LogP contribution in [0.5, 0.6) is 11.5 Å². The Bertz CT molecular complexity index is 977. The molecular formula is C21H20N2O5. The zero-order valence-electron chi connectivity index (χ0n) is 15.8. The Labute approximate surface area is 162 Å². The van der Waals surface area contributed by atoms with E-state index in [-0.39, 0.29) is 12.5 Å². The number of carbonyl (C=O) groups excluding carboxylic acids is 1. The third-order valence-electron chi connectivity index (χ3n) is 3.95. The van der Waals surface area contributed by atoms with Gasteiger partial charge in [-0.1, -0.05) is 35.0 Å². The maximum atomic E-state index is 12.0. The van der Waals surface area contributed by atoms with E-state index in [9.17, 15) is 4.79 Å². The van der Waals surface area contributed by atoms with Gasteiger partial charge < -0.3 is 18.7 Å². The Kier molecular flexibility index (Phi) is 6.06. The molecule has 0 aliphatic carbocycles. The molecule has 7 heteroatoms. The zero-order valence-corrected chi connectivity index (χ0v) is 15.8. The van der Waals surface area contributed by atoms with Crippen molar-refractivity contribution in [2.45, 2.75) is 13.5 Å². The first-order valence-corrected chi connectivity index (χ1v) is 8.55. The molecule has 28 heavy (non-hydrogen) atoms. The fourth-order valence-corrected chi connectivity index (χ4v) is 2.44. The normalized spacial score (nSPS) is 10.8. The van der Waals surface area contributed by atoms with E-state index in [0.717, 1.165) is 11.1 Å². The number of rotatable bonds is 7. The zero-order chi connectivity index (χ0) is 19.9. The number of hydrogen-bond acceptors (Lipinski definition) is 7. The molecule has 7 nitrogen and oxygen atoms in total. The highest BCUT2D eigenvalue weighted by Gasteiger charge is 2.10. The predicted molar refractivity (Wildman–Crippen MR) is 103 cm³/mol. The van der Waals surface area contributed by atoms with Crippen LogP contribution in [0.1, 0.15) is 17.0 Å². The van der Waals surface area contributed by atoms with E-state index in [2.05, 4.69) is 10.1 Å². The lowest BCUT2D eigenvalue weighted by atomic mass is 10.1. The van der Waals surface area contributed by atoms with Crippen molar-refractivity contribution in [3.8, 4) is 22.9 Å². The minimum atomic E-state index is -0.542. The summed E-state index contributed by atoms with van der Waals surface area (Å²) in [6.07, 6.45) is 2.89. The molecule has 0 atom stereocenters. The average molecular weight is 380 g/mol. The van der Waals surface area contributed by atoms with Gasteiger partial charge >= 0.3 is 5.97 Å². The molecule has 2 aromatic carbocycles. The second-order valence-electron chi connectivity index (χ2n) is 5.93. The predicted octanol–water partition coefficient (Wildman–Crippen LogP) is 3.82. The van der Waals surface area contributed by atoms with Gasteiger partial charge in [0.1, 0.15) is 11.5 Å². The maximum absolute atomic E-state index is 12.0. The molecule has 0 amide bonds. The molecular weight excluding hydrogens is 360 g/mol. The first-order valence-electron chi connectivity index (χ1n) is 8.55. The summed E-state index contributed by atoms with van der Waals surface area (Å²) in [5.41, 5.74) is 2.66. The molecule has 1 heterocycles. The Balaban J connectivity index is 1.60. The Morgan fingerprint density at radius 2 is 1.89 bits per heavy atom. The monoisotopic (exact) mass is 380 g/mol. The van der Waals surface area contributed by atoms with Crippen LogP contribution in [0.3, 0.4) is 0 Å². The van der Waals surface area contributed by atoms with Crippen LogP contribution in [0.4, 0.5) is 0 Å². The number of esters is 1. The van der Waals surface area contributed by atoms with Crippen LogP contribution >= 0.6 is 0 Å². The van der Waals surface area contributed by atoms with Crippen LogP contribution in [0.15, 0.2) is 53.1 Å². The van der Waals surface area contributed by atoms with Gasteiger partial charge in [0.15, 0.2) is 6.61 Å². The minimum Gasteiger partial charge on any atom is -0.497 e. The number of methoxy groups -OCH3 is 2. The van der Waals surface area contributed by atoms with Gasteiger partial charge in [-0.05, 0) is 31.2 Å². The van der Waals surface area contributed by atoms with E-state index in [0.29, 0.717) is 22.9 Å². The number of benzene rings is 2. The van der Waals surface area contributed by atoms with Gasteiger partial charge in [-0.25, -0.2) is 4.79 Å². The topological polar surface area (TPSA) is 83.7 Å². The van der Waals surface area contributed by atoms with Crippen LogP contribution in [0.2, 0.25) is 0 Å². The molecule has 0 unspecified atom stereocenters. The molecule has 0 saturated heterocycles. The SMILES string of the molecule is COc1ccc(OC)c(/C=C/C(=O)OCc2nc(-c3ccc(C)cc3)no2)c1. The maximum Gasteiger partial charge on any atom is 0.331 e. The largest absolute Gasteiger partial charge is 0.497 e. The van der Waals surface area contributed by atoms with E-state index >= 15 is 0 Å². The summed E-state index contributed by atoms with van der Waals surface area (Å²) in [5.74, 6) is 1.40. The molecule has 0 spiro atoms. The first-order chi connectivity index (χ1) is 13.6. The summed E-state index contributed by atoms with van der Waals surface area (Å²) in [4.78, 5) is 16.2. The van der Waals surface area contributed by atoms with E-state index in [4.69, 9.17) is 18.7 Å². The molecule has 0 bridgehead atoms. The summed E-state index contributed by atoms with van der Waals surface area (Å²) in [6.45, 7) is 1.89. The second kappa shape index (κ2) is 8.85. The molecule has 0 fully saturated rings. The van der Waals surface area contributed by atoms with Gasteiger partial charge in [0.05, 0.1) is 14.2 Å². The Morgan fingerprint density at radius 1 is 1.11 bits per heavy atom. The lowest BCUT2D eigenvalue weighted by molar-refractivity contribution is -0.139. The lowest BCUT2D eigenvalue weighted by Crippen LogP contribution is -2.01. The number of aromatic nitrogens is 2. The van der Waals surface area contributed by atoms with Crippen molar-refractivity contribution in [3.05, 3.63) is 65.6 Å². The number of aryl methyl sites for hydroxylation is 1. The molecule has 0 aliphatic rings. The fraction of sp³-hybridized carbons (Fsp3) is 0.190. The van der Waals surface area contributed by atoms with Crippen molar-refractivity contribution >= 4 is 12.0 Å². The van der Waals surface area contributed by atoms with Gasteiger partial charge in [0.2, 0.25) is 5.82 Å². The fourth-order valence-electron chi connectivity index (χ4n) is 2.44. The van der Waals surface area contributed by atoms with Crippen molar-refractivity contribution in [2.75, 3.05) is 14.2 Å². The molecule has 0 N–H and O–H groups in total. The molecule has 0 saturated carbocycles. The summed E-state index contributed by atoms with van der Waals surface area (Å²) >= 11 is 0. The molecule has 0 aliphatic heterocycles. The van der Waals surface area contributed by atoms with Crippen molar-refractivity contribution < 1.29 is 23.5 Å².